The Labute approximate surface area is 146 Å². The maximum Gasteiger partial charge on any atom is 0.254 e. The zero-order valence-corrected chi connectivity index (χ0v) is 14.7. The molecule has 132 valence electrons. The van der Waals surface area contributed by atoms with E-state index in [1.54, 1.807) is 47.2 Å². The standard InChI is InChI=1S/C18H22N4O3/c1-12-16(11-21(2)20-12)19-17(23)14-7-8-22(10-14)18(24)13-5-4-6-15(9-13)25-3/h4-6,9,11,14H,7-8,10H2,1-3H3,(H,19,23)/t14-/m1/s1. The lowest BCUT2D eigenvalue weighted by Crippen LogP contribution is -2.31. The first kappa shape index (κ1) is 17.0. The maximum absolute atomic E-state index is 12.6. The normalized spacial score (nSPS) is 16.8. The van der Waals surface area contributed by atoms with E-state index in [1.165, 1.54) is 0 Å². The number of hydrogen-bond donors (Lipinski definition) is 1. The van der Waals surface area contributed by atoms with Crippen LogP contribution in [0.3, 0.4) is 0 Å². The average molecular weight is 342 g/mol. The molecule has 0 unspecified atom stereocenters. The Morgan fingerprint density at radius 1 is 1.36 bits per heavy atom. The molecular weight excluding hydrogens is 320 g/mol. The van der Waals surface area contributed by atoms with E-state index in [1.807, 2.05) is 14.0 Å². The summed E-state index contributed by atoms with van der Waals surface area (Å²) in [4.78, 5) is 26.8. The summed E-state index contributed by atoms with van der Waals surface area (Å²) in [6, 6.07) is 7.07. The highest BCUT2D eigenvalue weighted by Crippen LogP contribution is 2.22. The second-order valence-corrected chi connectivity index (χ2v) is 6.26. The van der Waals surface area contributed by atoms with Crippen molar-refractivity contribution >= 4 is 17.5 Å². The van der Waals surface area contributed by atoms with Gasteiger partial charge in [-0.15, -0.1) is 0 Å². The van der Waals surface area contributed by atoms with Gasteiger partial charge in [0.15, 0.2) is 0 Å². The van der Waals surface area contributed by atoms with Crippen LogP contribution in [0.15, 0.2) is 30.5 Å². The molecule has 0 radical (unpaired) electrons. The first-order chi connectivity index (χ1) is 12.0. The summed E-state index contributed by atoms with van der Waals surface area (Å²) in [7, 11) is 3.38. The minimum Gasteiger partial charge on any atom is -0.497 e. The van der Waals surface area contributed by atoms with Crippen molar-refractivity contribution in [2.75, 3.05) is 25.5 Å². The lowest BCUT2D eigenvalue weighted by molar-refractivity contribution is -0.119. The zero-order chi connectivity index (χ0) is 18.0. The van der Waals surface area contributed by atoms with E-state index in [0.717, 1.165) is 5.69 Å². The van der Waals surface area contributed by atoms with Gasteiger partial charge in [-0.2, -0.15) is 5.10 Å². The highest BCUT2D eigenvalue weighted by atomic mass is 16.5. The van der Waals surface area contributed by atoms with Crippen molar-refractivity contribution < 1.29 is 14.3 Å². The Morgan fingerprint density at radius 3 is 2.84 bits per heavy atom. The number of benzene rings is 1. The van der Waals surface area contributed by atoms with Crippen molar-refractivity contribution in [1.82, 2.24) is 14.7 Å². The number of hydrogen-bond acceptors (Lipinski definition) is 4. The highest BCUT2D eigenvalue weighted by molar-refractivity contribution is 5.97. The fraction of sp³-hybridized carbons (Fsp3) is 0.389. The number of aryl methyl sites for hydroxylation is 2. The van der Waals surface area contributed by atoms with Crippen LogP contribution in [0.1, 0.15) is 22.5 Å². The smallest absolute Gasteiger partial charge is 0.254 e. The minimum atomic E-state index is -0.214. The van der Waals surface area contributed by atoms with E-state index in [9.17, 15) is 9.59 Å². The maximum atomic E-state index is 12.6. The molecule has 1 aliphatic rings. The lowest BCUT2D eigenvalue weighted by Gasteiger charge is -2.17. The predicted molar refractivity (Wildman–Crippen MR) is 93.6 cm³/mol. The Balaban J connectivity index is 1.63. The third-order valence-corrected chi connectivity index (χ3v) is 4.43. The Morgan fingerprint density at radius 2 is 2.16 bits per heavy atom. The lowest BCUT2D eigenvalue weighted by atomic mass is 10.1. The number of ether oxygens (including phenoxy) is 1. The number of amides is 2. The number of carbonyl (C=O) groups is 2. The fourth-order valence-electron chi connectivity index (χ4n) is 3.05. The topological polar surface area (TPSA) is 76.5 Å². The number of likely N-dealkylation sites (tertiary alicyclic amines) is 1. The number of aromatic nitrogens is 2. The predicted octanol–water partition coefficient (Wildman–Crippen LogP) is 1.84. The molecule has 1 atom stereocenters. The van der Waals surface area contributed by atoms with E-state index >= 15 is 0 Å². The van der Waals surface area contributed by atoms with E-state index < -0.39 is 0 Å². The van der Waals surface area contributed by atoms with Crippen molar-refractivity contribution in [2.24, 2.45) is 13.0 Å². The quantitative estimate of drug-likeness (QED) is 0.920. The molecule has 2 heterocycles. The molecule has 1 N–H and O–H groups in total. The Bertz CT molecular complexity index is 799. The second kappa shape index (κ2) is 6.96. The van der Waals surface area contributed by atoms with Crippen molar-refractivity contribution in [2.45, 2.75) is 13.3 Å². The molecular formula is C18H22N4O3. The molecule has 0 saturated carbocycles. The largest absolute Gasteiger partial charge is 0.497 e. The summed E-state index contributed by atoms with van der Waals surface area (Å²) in [5, 5.41) is 7.13. The van der Waals surface area contributed by atoms with Crippen molar-refractivity contribution in [3.63, 3.8) is 0 Å². The van der Waals surface area contributed by atoms with Gasteiger partial charge >= 0.3 is 0 Å². The summed E-state index contributed by atoms with van der Waals surface area (Å²) < 4.78 is 6.83. The second-order valence-electron chi connectivity index (χ2n) is 6.26. The zero-order valence-electron chi connectivity index (χ0n) is 14.7. The molecule has 3 rings (SSSR count). The van der Waals surface area contributed by atoms with Crippen LogP contribution in [0.4, 0.5) is 5.69 Å². The molecule has 2 amide bonds. The third-order valence-electron chi connectivity index (χ3n) is 4.43. The van der Waals surface area contributed by atoms with E-state index in [2.05, 4.69) is 10.4 Å². The Kier molecular flexibility index (Phi) is 4.74. The van der Waals surface area contributed by atoms with Gasteiger partial charge in [-0.25, -0.2) is 0 Å². The molecule has 7 heteroatoms. The molecule has 1 aliphatic heterocycles. The highest BCUT2D eigenvalue weighted by Gasteiger charge is 2.32. The summed E-state index contributed by atoms with van der Waals surface area (Å²) in [5.41, 5.74) is 2.06. The molecule has 0 spiro atoms. The van der Waals surface area contributed by atoms with Crippen LogP contribution in [0, 0.1) is 12.8 Å². The SMILES string of the molecule is COc1cccc(C(=O)N2CC[C@@H](C(=O)Nc3cn(C)nc3C)C2)c1. The summed E-state index contributed by atoms with van der Waals surface area (Å²) in [6.07, 6.45) is 2.43. The van der Waals surface area contributed by atoms with Gasteiger partial charge in [-0.05, 0) is 31.5 Å². The average Bonchev–Trinajstić information content (AvgIpc) is 3.21. The van der Waals surface area contributed by atoms with Gasteiger partial charge < -0.3 is 15.0 Å². The van der Waals surface area contributed by atoms with Gasteiger partial charge in [0.1, 0.15) is 5.75 Å². The van der Waals surface area contributed by atoms with Gasteiger partial charge in [0.05, 0.1) is 24.4 Å². The molecule has 25 heavy (non-hydrogen) atoms. The van der Waals surface area contributed by atoms with Gasteiger partial charge in [0.25, 0.3) is 5.91 Å². The van der Waals surface area contributed by atoms with Crippen LogP contribution < -0.4 is 10.1 Å². The number of nitrogens with one attached hydrogen (secondary N) is 1. The summed E-state index contributed by atoms with van der Waals surface area (Å²) in [6.45, 7) is 2.84. The van der Waals surface area contributed by atoms with Crippen LogP contribution in [-0.2, 0) is 11.8 Å². The number of anilines is 1. The molecule has 1 aromatic heterocycles. The van der Waals surface area contributed by atoms with Crippen LogP contribution in [-0.4, -0.2) is 46.7 Å². The molecule has 1 saturated heterocycles. The van der Waals surface area contributed by atoms with Crippen molar-refractivity contribution in [3.05, 3.63) is 41.7 Å². The van der Waals surface area contributed by atoms with Crippen molar-refractivity contribution in [1.29, 1.82) is 0 Å². The number of rotatable bonds is 4. The molecule has 0 bridgehead atoms. The van der Waals surface area contributed by atoms with Crippen LogP contribution in [0.2, 0.25) is 0 Å². The number of methoxy groups -OCH3 is 1. The third kappa shape index (κ3) is 3.65. The fourth-order valence-corrected chi connectivity index (χ4v) is 3.05. The summed E-state index contributed by atoms with van der Waals surface area (Å²) >= 11 is 0. The Hall–Kier alpha value is -2.83. The first-order valence-corrected chi connectivity index (χ1v) is 8.22. The molecule has 1 aromatic carbocycles. The molecule has 0 aliphatic carbocycles. The molecule has 7 nitrogen and oxygen atoms in total. The molecule has 1 fully saturated rings. The number of nitrogens with zero attached hydrogens (tertiary/aromatic N) is 3. The monoisotopic (exact) mass is 342 g/mol. The van der Waals surface area contributed by atoms with Gasteiger partial charge in [-0.3, -0.25) is 14.3 Å². The minimum absolute atomic E-state index is 0.0722. The van der Waals surface area contributed by atoms with Gasteiger partial charge in [-0.1, -0.05) is 6.07 Å². The number of carbonyl (C=O) groups excluding carboxylic acids is 2. The van der Waals surface area contributed by atoms with Crippen LogP contribution in [0.25, 0.3) is 0 Å². The first-order valence-electron chi connectivity index (χ1n) is 8.22. The van der Waals surface area contributed by atoms with Crippen LogP contribution >= 0.6 is 0 Å². The summed E-state index contributed by atoms with van der Waals surface area (Å²) in [5.74, 6) is 0.282. The van der Waals surface area contributed by atoms with Gasteiger partial charge in [0, 0.05) is 31.9 Å². The van der Waals surface area contributed by atoms with E-state index in [4.69, 9.17) is 4.74 Å². The molecule has 2 aromatic rings. The van der Waals surface area contributed by atoms with Crippen LogP contribution in [0.5, 0.6) is 5.75 Å². The van der Waals surface area contributed by atoms with E-state index in [0.29, 0.717) is 36.5 Å². The van der Waals surface area contributed by atoms with Gasteiger partial charge in [0.2, 0.25) is 5.91 Å². The van der Waals surface area contributed by atoms with Crippen molar-refractivity contribution in [3.8, 4) is 5.75 Å². The van der Waals surface area contributed by atoms with E-state index in [-0.39, 0.29) is 17.7 Å².